The van der Waals surface area contributed by atoms with Gasteiger partial charge in [-0.3, -0.25) is 14.5 Å². The van der Waals surface area contributed by atoms with Gasteiger partial charge in [-0.05, 0) is 38.5 Å². The number of ether oxygens (including phenoxy) is 2. The molecule has 2 heterocycles. The van der Waals surface area contributed by atoms with Crippen LogP contribution in [-0.4, -0.2) is 41.5 Å². The minimum Gasteiger partial charge on any atom is -0.507 e. The number of nitrogens with zero attached hydrogens (tertiary/aromatic N) is 2. The normalized spacial score (nSPS) is 17.0. The van der Waals surface area contributed by atoms with E-state index >= 15 is 0 Å². The third-order valence-electron chi connectivity index (χ3n) is 5.65. The molecule has 0 aliphatic carbocycles. The molecule has 2 aromatic carbocycles. The van der Waals surface area contributed by atoms with Crippen LogP contribution in [0.4, 0.5) is 5.13 Å². The van der Waals surface area contributed by atoms with Crippen molar-refractivity contribution in [2.75, 3.05) is 18.6 Å². The number of benzene rings is 2. The number of aromatic nitrogens is 1. The van der Waals surface area contributed by atoms with E-state index in [0.717, 1.165) is 16.9 Å². The van der Waals surface area contributed by atoms with Gasteiger partial charge in [0.1, 0.15) is 16.4 Å². The number of hydrogen-bond donors (Lipinski definition) is 1. The van der Waals surface area contributed by atoms with Crippen molar-refractivity contribution in [3.8, 4) is 5.75 Å². The number of aryl methyl sites for hydroxylation is 2. The van der Waals surface area contributed by atoms with Gasteiger partial charge in [-0.2, -0.15) is 0 Å². The van der Waals surface area contributed by atoms with Crippen LogP contribution in [0.2, 0.25) is 0 Å². The van der Waals surface area contributed by atoms with Gasteiger partial charge in [0, 0.05) is 5.56 Å². The van der Waals surface area contributed by atoms with Crippen LogP contribution < -0.4 is 9.64 Å². The Morgan fingerprint density at radius 1 is 1.09 bits per heavy atom. The van der Waals surface area contributed by atoms with Crippen molar-refractivity contribution in [1.82, 2.24) is 4.98 Å². The number of rotatable bonds is 6. The molecule has 3 aromatic rings. The Hall–Kier alpha value is -3.98. The van der Waals surface area contributed by atoms with Crippen molar-refractivity contribution >= 4 is 39.9 Å². The fourth-order valence-electron chi connectivity index (χ4n) is 3.87. The molecular weight excluding hydrogens is 468 g/mol. The van der Waals surface area contributed by atoms with Gasteiger partial charge in [-0.1, -0.05) is 53.3 Å². The summed E-state index contributed by atoms with van der Waals surface area (Å²) >= 11 is 0.967. The molecule has 1 unspecified atom stereocenters. The summed E-state index contributed by atoms with van der Waals surface area (Å²) in [6, 6.07) is 12.9. The molecule has 1 aliphatic rings. The van der Waals surface area contributed by atoms with E-state index in [1.54, 1.807) is 50.2 Å². The molecule has 180 valence electrons. The number of thiazole rings is 1. The third kappa shape index (κ3) is 4.42. The molecular formula is C26H24N2O6S. The van der Waals surface area contributed by atoms with Crippen molar-refractivity contribution in [3.63, 3.8) is 0 Å². The molecule has 1 fully saturated rings. The number of methoxy groups -OCH3 is 1. The zero-order chi connectivity index (χ0) is 25.3. The van der Waals surface area contributed by atoms with Gasteiger partial charge in [-0.25, -0.2) is 9.78 Å². The lowest BCUT2D eigenvalue weighted by Crippen LogP contribution is -2.29. The number of anilines is 1. The summed E-state index contributed by atoms with van der Waals surface area (Å²) in [5, 5.41) is 11.3. The van der Waals surface area contributed by atoms with E-state index in [1.807, 2.05) is 19.1 Å². The minimum absolute atomic E-state index is 0.0606. The van der Waals surface area contributed by atoms with Gasteiger partial charge in [0.2, 0.25) is 0 Å². The fraction of sp³-hybridized carbons (Fsp3) is 0.231. The molecule has 0 spiro atoms. The Morgan fingerprint density at radius 2 is 1.74 bits per heavy atom. The van der Waals surface area contributed by atoms with E-state index in [1.165, 1.54) is 12.0 Å². The number of Topliss-reactive ketones (excluding diaryl/α,β-unsaturated/α-hetero) is 1. The Kier molecular flexibility index (Phi) is 6.70. The second-order valence-corrected chi connectivity index (χ2v) is 8.92. The van der Waals surface area contributed by atoms with Gasteiger partial charge in [0.25, 0.3) is 5.78 Å². The largest absolute Gasteiger partial charge is 0.507 e. The smallest absolute Gasteiger partial charge is 0.350 e. The number of amides is 1. The SMILES string of the molecule is CCOC(=O)c1sc(N2C(=O)C(=O)C(=C(O)c3ccc(C)cc3)C2c2ccc(OC)cc2)nc1C. The average molecular weight is 493 g/mol. The van der Waals surface area contributed by atoms with Gasteiger partial charge < -0.3 is 14.6 Å². The van der Waals surface area contributed by atoms with Crippen molar-refractivity contribution in [2.45, 2.75) is 26.8 Å². The van der Waals surface area contributed by atoms with Crippen LogP contribution in [-0.2, 0) is 14.3 Å². The highest BCUT2D eigenvalue weighted by Gasteiger charge is 2.48. The molecule has 1 aliphatic heterocycles. The van der Waals surface area contributed by atoms with Crippen LogP contribution >= 0.6 is 11.3 Å². The monoisotopic (exact) mass is 492 g/mol. The predicted octanol–water partition coefficient (Wildman–Crippen LogP) is 4.57. The van der Waals surface area contributed by atoms with Crippen LogP contribution in [0.25, 0.3) is 5.76 Å². The van der Waals surface area contributed by atoms with Crippen LogP contribution in [0.3, 0.4) is 0 Å². The van der Waals surface area contributed by atoms with Gasteiger partial charge in [0.05, 0.1) is 31.0 Å². The van der Waals surface area contributed by atoms with Crippen LogP contribution in [0.1, 0.15) is 45.0 Å². The summed E-state index contributed by atoms with van der Waals surface area (Å²) in [6.07, 6.45) is 0. The lowest BCUT2D eigenvalue weighted by atomic mass is 9.95. The fourth-order valence-corrected chi connectivity index (χ4v) is 4.86. The van der Waals surface area contributed by atoms with E-state index < -0.39 is 23.7 Å². The lowest BCUT2D eigenvalue weighted by molar-refractivity contribution is -0.132. The summed E-state index contributed by atoms with van der Waals surface area (Å²) in [5.41, 5.74) is 2.30. The Morgan fingerprint density at radius 3 is 2.34 bits per heavy atom. The molecule has 1 N–H and O–H groups in total. The zero-order valence-corrected chi connectivity index (χ0v) is 20.5. The second-order valence-electron chi connectivity index (χ2n) is 7.94. The lowest BCUT2D eigenvalue weighted by Gasteiger charge is -2.23. The topological polar surface area (TPSA) is 106 Å². The maximum Gasteiger partial charge on any atom is 0.350 e. The number of aliphatic hydroxyl groups excluding tert-OH is 1. The maximum atomic E-state index is 13.3. The number of aliphatic hydroxyl groups is 1. The van der Waals surface area contributed by atoms with Crippen LogP contribution in [0.5, 0.6) is 5.75 Å². The van der Waals surface area contributed by atoms with Crippen molar-refractivity contribution in [2.24, 2.45) is 0 Å². The molecule has 1 aromatic heterocycles. The molecule has 9 heteroatoms. The molecule has 35 heavy (non-hydrogen) atoms. The quantitative estimate of drug-likeness (QED) is 0.232. The van der Waals surface area contributed by atoms with Crippen molar-refractivity contribution in [3.05, 3.63) is 81.4 Å². The summed E-state index contributed by atoms with van der Waals surface area (Å²) < 4.78 is 10.3. The zero-order valence-electron chi connectivity index (χ0n) is 19.7. The van der Waals surface area contributed by atoms with E-state index in [9.17, 15) is 19.5 Å². The van der Waals surface area contributed by atoms with E-state index in [0.29, 0.717) is 22.6 Å². The molecule has 0 saturated carbocycles. The highest BCUT2D eigenvalue weighted by atomic mass is 32.1. The molecule has 0 radical (unpaired) electrons. The molecule has 0 bridgehead atoms. The van der Waals surface area contributed by atoms with E-state index in [2.05, 4.69) is 4.98 Å². The Bertz CT molecular complexity index is 1320. The van der Waals surface area contributed by atoms with Gasteiger partial charge in [-0.15, -0.1) is 0 Å². The van der Waals surface area contributed by atoms with E-state index in [-0.39, 0.29) is 27.9 Å². The van der Waals surface area contributed by atoms with Crippen LogP contribution in [0, 0.1) is 13.8 Å². The summed E-state index contributed by atoms with van der Waals surface area (Å²) in [7, 11) is 1.54. The first-order valence-electron chi connectivity index (χ1n) is 10.9. The molecule has 1 saturated heterocycles. The molecule has 1 atom stereocenters. The molecule has 4 rings (SSSR count). The second kappa shape index (κ2) is 9.71. The minimum atomic E-state index is -0.956. The first-order valence-corrected chi connectivity index (χ1v) is 11.7. The van der Waals surface area contributed by atoms with Crippen molar-refractivity contribution < 1.29 is 29.0 Å². The number of hydrogen-bond acceptors (Lipinski definition) is 8. The Balaban J connectivity index is 1.90. The van der Waals surface area contributed by atoms with Gasteiger partial charge in [0.15, 0.2) is 5.13 Å². The van der Waals surface area contributed by atoms with E-state index in [4.69, 9.17) is 9.47 Å². The summed E-state index contributed by atoms with van der Waals surface area (Å²) in [4.78, 5) is 44.8. The highest BCUT2D eigenvalue weighted by molar-refractivity contribution is 7.17. The highest BCUT2D eigenvalue weighted by Crippen LogP contribution is 2.44. The first kappa shape index (κ1) is 24.2. The summed E-state index contributed by atoms with van der Waals surface area (Å²) in [5.74, 6) is -1.92. The first-order chi connectivity index (χ1) is 16.8. The van der Waals surface area contributed by atoms with Crippen LogP contribution in [0.15, 0.2) is 54.1 Å². The van der Waals surface area contributed by atoms with Gasteiger partial charge >= 0.3 is 11.9 Å². The maximum absolute atomic E-state index is 13.3. The number of carbonyl (C=O) groups is 3. The number of carbonyl (C=O) groups excluding carboxylic acids is 3. The summed E-state index contributed by atoms with van der Waals surface area (Å²) in [6.45, 7) is 5.43. The third-order valence-corrected chi connectivity index (χ3v) is 6.79. The average Bonchev–Trinajstić information content (AvgIpc) is 3.36. The van der Waals surface area contributed by atoms with Crippen molar-refractivity contribution in [1.29, 1.82) is 0 Å². The molecule has 8 nitrogen and oxygen atoms in total. The number of esters is 1. The number of ketones is 1. The molecule has 1 amide bonds. The Labute approximate surface area is 206 Å². The standard InChI is InChI=1S/C26H24N2O6S/c1-5-34-25(32)23-15(3)27-26(35-23)28-20(16-10-12-18(33-4)13-11-16)19(22(30)24(28)31)21(29)17-8-6-14(2)7-9-17/h6-13,20,29H,5H2,1-4H3. The predicted molar refractivity (Wildman–Crippen MR) is 132 cm³/mol.